The summed E-state index contributed by atoms with van der Waals surface area (Å²) < 4.78 is 10.5. The molecule has 134 valence electrons. The third kappa shape index (κ3) is 5.11. The van der Waals surface area contributed by atoms with Crippen LogP contribution in [0.15, 0.2) is 36.5 Å². The maximum atomic E-state index is 12.6. The third-order valence-electron chi connectivity index (χ3n) is 3.70. The van der Waals surface area contributed by atoms with Crippen LogP contribution in [0.2, 0.25) is 0 Å². The van der Waals surface area contributed by atoms with Gasteiger partial charge in [0, 0.05) is 6.54 Å². The molecule has 1 heterocycles. The minimum Gasteiger partial charge on any atom is -0.496 e. The first-order valence-electron chi connectivity index (χ1n) is 8.27. The van der Waals surface area contributed by atoms with E-state index in [9.17, 15) is 4.79 Å². The van der Waals surface area contributed by atoms with Crippen LogP contribution in [0.4, 0.5) is 11.5 Å². The van der Waals surface area contributed by atoms with Crippen LogP contribution in [0.1, 0.15) is 30.6 Å². The van der Waals surface area contributed by atoms with Crippen molar-refractivity contribution >= 4 is 17.4 Å². The van der Waals surface area contributed by atoms with Crippen LogP contribution in [0.3, 0.4) is 0 Å². The minimum absolute atomic E-state index is 0.309. The zero-order valence-corrected chi connectivity index (χ0v) is 15.1. The molecule has 2 N–H and O–H groups in total. The van der Waals surface area contributed by atoms with E-state index in [1.54, 1.807) is 24.4 Å². The van der Waals surface area contributed by atoms with Crippen LogP contribution in [-0.4, -0.2) is 31.7 Å². The van der Waals surface area contributed by atoms with Gasteiger partial charge in [-0.15, -0.1) is 0 Å². The lowest BCUT2D eigenvalue weighted by Crippen LogP contribution is -2.15. The summed E-state index contributed by atoms with van der Waals surface area (Å²) in [6.07, 6.45) is 2.70. The van der Waals surface area contributed by atoms with Gasteiger partial charge in [0.1, 0.15) is 22.9 Å². The second-order valence-electron chi connectivity index (χ2n) is 6.03. The number of hydrogen-bond donors (Lipinski definition) is 2. The number of carbonyl (C=O) groups excluding carboxylic acids is 1. The zero-order chi connectivity index (χ0) is 18.2. The molecule has 1 amide bonds. The first-order chi connectivity index (χ1) is 12.0. The minimum atomic E-state index is -0.309. The molecular formula is C19H25N3O3. The smallest absolute Gasteiger partial charge is 0.263 e. The van der Waals surface area contributed by atoms with Crippen molar-refractivity contribution in [1.29, 1.82) is 0 Å². The number of ether oxygens (including phenoxy) is 2. The number of methoxy groups -OCH3 is 2. The van der Waals surface area contributed by atoms with Gasteiger partial charge in [-0.3, -0.25) is 4.79 Å². The molecule has 0 aliphatic heterocycles. The van der Waals surface area contributed by atoms with Crippen molar-refractivity contribution in [2.75, 3.05) is 31.4 Å². The molecule has 0 bridgehead atoms. The number of anilines is 2. The number of hydrogen-bond acceptors (Lipinski definition) is 5. The van der Waals surface area contributed by atoms with E-state index in [-0.39, 0.29) is 5.91 Å². The van der Waals surface area contributed by atoms with Crippen molar-refractivity contribution in [3.63, 3.8) is 0 Å². The summed E-state index contributed by atoms with van der Waals surface area (Å²) in [6, 6.07) is 8.86. The Bertz CT molecular complexity index is 677. The van der Waals surface area contributed by atoms with Crippen molar-refractivity contribution in [2.24, 2.45) is 5.92 Å². The van der Waals surface area contributed by atoms with Gasteiger partial charge in [0.2, 0.25) is 0 Å². The molecular weight excluding hydrogens is 318 g/mol. The van der Waals surface area contributed by atoms with E-state index >= 15 is 0 Å². The van der Waals surface area contributed by atoms with Crippen LogP contribution in [0.5, 0.6) is 11.5 Å². The van der Waals surface area contributed by atoms with Gasteiger partial charge < -0.3 is 20.1 Å². The van der Waals surface area contributed by atoms with E-state index in [1.807, 2.05) is 12.1 Å². The summed E-state index contributed by atoms with van der Waals surface area (Å²) >= 11 is 0. The SMILES string of the molecule is COc1cccc(OC)c1C(=O)Nc1ccc(NCCC(C)C)nc1. The summed E-state index contributed by atoms with van der Waals surface area (Å²) in [7, 11) is 3.04. The van der Waals surface area contributed by atoms with Gasteiger partial charge in [-0.1, -0.05) is 19.9 Å². The molecule has 0 aliphatic rings. The van der Waals surface area contributed by atoms with Crippen LogP contribution < -0.4 is 20.1 Å². The standard InChI is InChI=1S/C19H25N3O3/c1-13(2)10-11-20-17-9-8-14(12-21-17)22-19(23)18-15(24-3)6-5-7-16(18)25-4/h5-9,12-13H,10-11H2,1-4H3,(H,20,21)(H,22,23). The monoisotopic (exact) mass is 343 g/mol. The number of pyridine rings is 1. The second-order valence-corrected chi connectivity index (χ2v) is 6.03. The maximum absolute atomic E-state index is 12.6. The van der Waals surface area contributed by atoms with Gasteiger partial charge in [0.05, 0.1) is 26.1 Å². The molecule has 1 aromatic carbocycles. The van der Waals surface area contributed by atoms with Crippen molar-refractivity contribution in [3.05, 3.63) is 42.1 Å². The van der Waals surface area contributed by atoms with Crippen molar-refractivity contribution in [3.8, 4) is 11.5 Å². The maximum Gasteiger partial charge on any atom is 0.263 e. The molecule has 0 spiro atoms. The van der Waals surface area contributed by atoms with E-state index in [4.69, 9.17) is 9.47 Å². The van der Waals surface area contributed by atoms with E-state index in [1.165, 1.54) is 14.2 Å². The first kappa shape index (κ1) is 18.6. The van der Waals surface area contributed by atoms with Gasteiger partial charge >= 0.3 is 0 Å². The third-order valence-corrected chi connectivity index (χ3v) is 3.70. The van der Waals surface area contributed by atoms with E-state index in [0.29, 0.717) is 28.7 Å². The van der Waals surface area contributed by atoms with Gasteiger partial charge in [0.15, 0.2) is 0 Å². The molecule has 0 saturated carbocycles. The summed E-state index contributed by atoms with van der Waals surface area (Å²) in [6.45, 7) is 5.23. The highest BCUT2D eigenvalue weighted by atomic mass is 16.5. The predicted octanol–water partition coefficient (Wildman–Crippen LogP) is 3.81. The highest BCUT2D eigenvalue weighted by molar-refractivity contribution is 6.08. The number of benzene rings is 1. The van der Waals surface area contributed by atoms with Gasteiger partial charge in [0.25, 0.3) is 5.91 Å². The fourth-order valence-electron chi connectivity index (χ4n) is 2.33. The van der Waals surface area contributed by atoms with Crippen LogP contribution in [-0.2, 0) is 0 Å². The highest BCUT2D eigenvalue weighted by Crippen LogP contribution is 2.29. The topological polar surface area (TPSA) is 72.5 Å². The molecule has 0 aliphatic carbocycles. The van der Waals surface area contributed by atoms with E-state index < -0.39 is 0 Å². The largest absolute Gasteiger partial charge is 0.496 e. The first-order valence-corrected chi connectivity index (χ1v) is 8.27. The van der Waals surface area contributed by atoms with E-state index in [2.05, 4.69) is 29.5 Å². The molecule has 0 unspecified atom stereocenters. The molecule has 2 aromatic rings. The van der Waals surface area contributed by atoms with Crippen molar-refractivity contribution in [1.82, 2.24) is 4.98 Å². The Labute approximate surface area is 148 Å². The predicted molar refractivity (Wildman–Crippen MR) is 99.7 cm³/mol. The molecule has 0 atom stereocenters. The Balaban J connectivity index is 2.06. The molecule has 2 rings (SSSR count). The number of carbonyl (C=O) groups is 1. The summed E-state index contributed by atoms with van der Waals surface area (Å²) in [5.74, 6) is 2.03. The van der Waals surface area contributed by atoms with Gasteiger partial charge in [-0.05, 0) is 36.6 Å². The summed E-state index contributed by atoms with van der Waals surface area (Å²) in [4.78, 5) is 16.9. The Kier molecular flexibility index (Phi) is 6.62. The van der Waals surface area contributed by atoms with Crippen molar-refractivity contribution in [2.45, 2.75) is 20.3 Å². The van der Waals surface area contributed by atoms with Crippen LogP contribution in [0, 0.1) is 5.92 Å². The van der Waals surface area contributed by atoms with Gasteiger partial charge in [-0.25, -0.2) is 4.98 Å². The Morgan fingerprint density at radius 2 is 1.80 bits per heavy atom. The number of nitrogens with zero attached hydrogens (tertiary/aromatic N) is 1. The molecule has 0 radical (unpaired) electrons. The lowest BCUT2D eigenvalue weighted by Gasteiger charge is -2.13. The average molecular weight is 343 g/mol. The quantitative estimate of drug-likeness (QED) is 0.762. The average Bonchev–Trinajstić information content (AvgIpc) is 2.62. The molecule has 1 aromatic heterocycles. The Morgan fingerprint density at radius 3 is 2.32 bits per heavy atom. The highest BCUT2D eigenvalue weighted by Gasteiger charge is 2.18. The van der Waals surface area contributed by atoms with Crippen molar-refractivity contribution < 1.29 is 14.3 Å². The number of nitrogens with one attached hydrogen (secondary N) is 2. The fraction of sp³-hybridized carbons (Fsp3) is 0.368. The van der Waals surface area contributed by atoms with E-state index in [0.717, 1.165) is 18.8 Å². The fourth-order valence-corrected chi connectivity index (χ4v) is 2.33. The lowest BCUT2D eigenvalue weighted by atomic mass is 10.1. The van der Waals surface area contributed by atoms with Crippen LogP contribution in [0.25, 0.3) is 0 Å². The zero-order valence-electron chi connectivity index (χ0n) is 15.1. The Morgan fingerprint density at radius 1 is 1.12 bits per heavy atom. The molecule has 25 heavy (non-hydrogen) atoms. The summed E-state index contributed by atoms with van der Waals surface area (Å²) in [5.41, 5.74) is 0.957. The van der Waals surface area contributed by atoms with Gasteiger partial charge in [-0.2, -0.15) is 0 Å². The number of aromatic nitrogens is 1. The normalized spacial score (nSPS) is 10.4. The molecule has 6 heteroatoms. The lowest BCUT2D eigenvalue weighted by molar-refractivity contribution is 0.102. The molecule has 0 fully saturated rings. The molecule has 0 saturated heterocycles. The Hall–Kier alpha value is -2.76. The second kappa shape index (κ2) is 8.92. The number of amides is 1. The summed E-state index contributed by atoms with van der Waals surface area (Å²) in [5, 5.41) is 6.08. The van der Waals surface area contributed by atoms with Crippen LogP contribution >= 0.6 is 0 Å². The number of rotatable bonds is 8. The molecule has 6 nitrogen and oxygen atoms in total.